The molecule has 1 aliphatic rings. The Labute approximate surface area is 122 Å². The molecule has 108 valence electrons. The van der Waals surface area contributed by atoms with Gasteiger partial charge < -0.3 is 9.64 Å². The molecular formula is C15H30BrNO. The van der Waals surface area contributed by atoms with Crippen molar-refractivity contribution in [2.24, 2.45) is 5.41 Å². The number of hydrogen-bond acceptors (Lipinski definition) is 2. The van der Waals surface area contributed by atoms with Crippen molar-refractivity contribution in [1.29, 1.82) is 0 Å². The second kappa shape index (κ2) is 8.55. The molecular weight excluding hydrogens is 290 g/mol. The number of unbranched alkanes of at least 4 members (excludes halogenated alkanes) is 1. The number of ether oxygens (including phenoxy) is 1. The minimum absolute atomic E-state index is 0.440. The van der Waals surface area contributed by atoms with E-state index in [4.69, 9.17) is 4.74 Å². The van der Waals surface area contributed by atoms with Gasteiger partial charge >= 0.3 is 0 Å². The van der Waals surface area contributed by atoms with Crippen molar-refractivity contribution in [2.75, 3.05) is 31.6 Å². The lowest BCUT2D eigenvalue weighted by Crippen LogP contribution is -2.46. The molecule has 0 amide bonds. The fourth-order valence-electron chi connectivity index (χ4n) is 2.64. The van der Waals surface area contributed by atoms with Crippen molar-refractivity contribution >= 4 is 15.9 Å². The van der Waals surface area contributed by atoms with Crippen LogP contribution in [0.25, 0.3) is 0 Å². The van der Waals surface area contributed by atoms with E-state index in [9.17, 15) is 0 Å². The molecule has 2 nitrogen and oxygen atoms in total. The van der Waals surface area contributed by atoms with Crippen molar-refractivity contribution in [1.82, 2.24) is 4.90 Å². The van der Waals surface area contributed by atoms with Gasteiger partial charge in [0.25, 0.3) is 0 Å². The summed E-state index contributed by atoms with van der Waals surface area (Å²) in [6, 6.07) is 0.704. The van der Waals surface area contributed by atoms with Crippen molar-refractivity contribution in [3.63, 3.8) is 0 Å². The summed E-state index contributed by atoms with van der Waals surface area (Å²) in [5.74, 6) is 0. The van der Waals surface area contributed by atoms with Gasteiger partial charge in [-0.1, -0.05) is 36.2 Å². The molecule has 3 heteroatoms. The molecule has 1 rings (SSSR count). The van der Waals surface area contributed by atoms with E-state index in [1.54, 1.807) is 0 Å². The van der Waals surface area contributed by atoms with Gasteiger partial charge in [0, 0.05) is 31.1 Å². The Kier molecular flexibility index (Phi) is 7.81. The van der Waals surface area contributed by atoms with E-state index in [-0.39, 0.29) is 0 Å². The Balaban J connectivity index is 2.60. The molecule has 0 bridgehead atoms. The van der Waals surface area contributed by atoms with Crippen LogP contribution < -0.4 is 0 Å². The summed E-state index contributed by atoms with van der Waals surface area (Å²) in [6.07, 6.45) is 6.27. The zero-order valence-corrected chi connectivity index (χ0v) is 14.0. The van der Waals surface area contributed by atoms with Crippen LogP contribution in [0.5, 0.6) is 0 Å². The predicted octanol–water partition coefficient (Wildman–Crippen LogP) is 4.08. The number of nitrogens with zero attached hydrogens (tertiary/aromatic N) is 1. The zero-order valence-electron chi connectivity index (χ0n) is 12.4. The zero-order chi connectivity index (χ0) is 13.4. The lowest BCUT2D eigenvalue weighted by molar-refractivity contribution is 0.00111. The topological polar surface area (TPSA) is 12.5 Å². The summed E-state index contributed by atoms with van der Waals surface area (Å²) in [4.78, 5) is 2.70. The standard InChI is InChI=1S/C15H30BrNO/c1-4-6-9-17(14(3)5-2)13-15(12-16)7-10-18-11-8-15/h14H,4-13H2,1-3H3. The molecule has 0 radical (unpaired) electrons. The Morgan fingerprint density at radius 3 is 2.44 bits per heavy atom. The van der Waals surface area contributed by atoms with Crippen LogP contribution in [-0.4, -0.2) is 42.6 Å². The molecule has 0 spiro atoms. The minimum atomic E-state index is 0.440. The number of alkyl halides is 1. The highest BCUT2D eigenvalue weighted by atomic mass is 79.9. The Morgan fingerprint density at radius 2 is 1.94 bits per heavy atom. The summed E-state index contributed by atoms with van der Waals surface area (Å²) in [5.41, 5.74) is 0.440. The molecule has 1 aliphatic heterocycles. The number of rotatable bonds is 8. The first-order valence-electron chi connectivity index (χ1n) is 7.55. The highest BCUT2D eigenvalue weighted by molar-refractivity contribution is 9.09. The van der Waals surface area contributed by atoms with Crippen LogP contribution in [0.4, 0.5) is 0 Å². The first-order chi connectivity index (χ1) is 8.67. The van der Waals surface area contributed by atoms with Gasteiger partial charge in [0.1, 0.15) is 0 Å². The van der Waals surface area contributed by atoms with Gasteiger partial charge in [-0.05, 0) is 44.6 Å². The molecule has 0 aromatic heterocycles. The van der Waals surface area contributed by atoms with E-state index in [0.29, 0.717) is 11.5 Å². The maximum Gasteiger partial charge on any atom is 0.0472 e. The predicted molar refractivity (Wildman–Crippen MR) is 82.5 cm³/mol. The van der Waals surface area contributed by atoms with Gasteiger partial charge in [-0.25, -0.2) is 0 Å². The maximum atomic E-state index is 5.54. The molecule has 18 heavy (non-hydrogen) atoms. The Hall–Kier alpha value is 0.400. The first-order valence-corrected chi connectivity index (χ1v) is 8.67. The van der Waals surface area contributed by atoms with Gasteiger partial charge in [0.05, 0.1) is 0 Å². The highest BCUT2D eigenvalue weighted by Gasteiger charge is 2.34. The molecule has 0 N–H and O–H groups in total. The average Bonchev–Trinajstić information content (AvgIpc) is 2.43. The smallest absolute Gasteiger partial charge is 0.0472 e. The van der Waals surface area contributed by atoms with Crippen LogP contribution in [0, 0.1) is 5.41 Å². The van der Waals surface area contributed by atoms with Gasteiger partial charge in [0.15, 0.2) is 0 Å². The SMILES string of the molecule is CCCCN(CC1(CBr)CCOCC1)C(C)CC. The quantitative estimate of drug-likeness (QED) is 0.625. The summed E-state index contributed by atoms with van der Waals surface area (Å²) in [5, 5.41) is 1.11. The first kappa shape index (κ1) is 16.5. The third kappa shape index (κ3) is 4.82. The van der Waals surface area contributed by atoms with Gasteiger partial charge in [-0.15, -0.1) is 0 Å². The van der Waals surface area contributed by atoms with Crippen molar-refractivity contribution in [3.8, 4) is 0 Å². The average molecular weight is 320 g/mol. The maximum absolute atomic E-state index is 5.54. The van der Waals surface area contributed by atoms with Crippen LogP contribution in [-0.2, 0) is 4.74 Å². The fourth-order valence-corrected chi connectivity index (χ4v) is 3.38. The largest absolute Gasteiger partial charge is 0.381 e. The summed E-state index contributed by atoms with van der Waals surface area (Å²) in [7, 11) is 0. The summed E-state index contributed by atoms with van der Waals surface area (Å²) < 4.78 is 5.54. The van der Waals surface area contributed by atoms with E-state index in [0.717, 1.165) is 18.5 Å². The fraction of sp³-hybridized carbons (Fsp3) is 1.00. The number of halogens is 1. The molecule has 0 aromatic rings. The third-order valence-corrected chi connectivity index (χ3v) is 5.58. The highest BCUT2D eigenvalue weighted by Crippen LogP contribution is 2.34. The third-order valence-electron chi connectivity index (χ3n) is 4.39. The molecule has 0 saturated carbocycles. The molecule has 1 heterocycles. The lowest BCUT2D eigenvalue weighted by Gasteiger charge is -2.42. The molecule has 0 aromatic carbocycles. The van der Waals surface area contributed by atoms with Crippen LogP contribution >= 0.6 is 15.9 Å². The minimum Gasteiger partial charge on any atom is -0.381 e. The monoisotopic (exact) mass is 319 g/mol. The second-order valence-corrected chi connectivity index (χ2v) is 6.39. The van der Waals surface area contributed by atoms with Crippen LogP contribution in [0.2, 0.25) is 0 Å². The summed E-state index contributed by atoms with van der Waals surface area (Å²) in [6.45, 7) is 11.3. The van der Waals surface area contributed by atoms with Crippen LogP contribution in [0.1, 0.15) is 52.9 Å². The van der Waals surface area contributed by atoms with Gasteiger partial charge in [-0.2, -0.15) is 0 Å². The van der Waals surface area contributed by atoms with E-state index < -0.39 is 0 Å². The van der Waals surface area contributed by atoms with E-state index in [1.807, 2.05) is 0 Å². The van der Waals surface area contributed by atoms with E-state index in [1.165, 1.54) is 45.2 Å². The second-order valence-electron chi connectivity index (χ2n) is 5.83. The number of hydrogen-bond donors (Lipinski definition) is 0. The van der Waals surface area contributed by atoms with Crippen LogP contribution in [0.3, 0.4) is 0 Å². The molecule has 1 saturated heterocycles. The molecule has 1 atom stereocenters. The molecule has 1 unspecified atom stereocenters. The van der Waals surface area contributed by atoms with Crippen molar-refractivity contribution in [2.45, 2.75) is 58.9 Å². The summed E-state index contributed by atoms with van der Waals surface area (Å²) >= 11 is 3.75. The Bertz CT molecular complexity index is 217. The molecule has 1 fully saturated rings. The van der Waals surface area contributed by atoms with Gasteiger partial charge in [0.2, 0.25) is 0 Å². The molecule has 0 aliphatic carbocycles. The van der Waals surface area contributed by atoms with Crippen molar-refractivity contribution in [3.05, 3.63) is 0 Å². The van der Waals surface area contributed by atoms with E-state index in [2.05, 4.69) is 41.6 Å². The van der Waals surface area contributed by atoms with Gasteiger partial charge in [-0.3, -0.25) is 0 Å². The van der Waals surface area contributed by atoms with Crippen molar-refractivity contribution < 1.29 is 4.74 Å². The van der Waals surface area contributed by atoms with Crippen LogP contribution in [0.15, 0.2) is 0 Å². The normalized spacial score (nSPS) is 21.2. The Morgan fingerprint density at radius 1 is 1.28 bits per heavy atom. The van der Waals surface area contributed by atoms with E-state index >= 15 is 0 Å². The lowest BCUT2D eigenvalue weighted by atomic mass is 9.81.